The average Bonchev–Trinajstić information content (AvgIpc) is 2.64. The summed E-state index contributed by atoms with van der Waals surface area (Å²) in [6, 6.07) is 0. The zero-order valence-electron chi connectivity index (χ0n) is 9.40. The second kappa shape index (κ2) is 7.25. The highest BCUT2D eigenvalue weighted by Crippen LogP contribution is 2.21. The van der Waals surface area contributed by atoms with Crippen molar-refractivity contribution in [1.82, 2.24) is 4.98 Å². The van der Waals surface area contributed by atoms with Crippen LogP contribution in [0, 0.1) is 0 Å². The fourth-order valence-electron chi connectivity index (χ4n) is 1.24. The largest absolute Gasteiger partial charge is 0.396 e. The van der Waals surface area contributed by atoms with Crippen LogP contribution in [0.25, 0.3) is 0 Å². The molecule has 1 unspecified atom stereocenters. The highest BCUT2D eigenvalue weighted by Gasteiger charge is 2.05. The van der Waals surface area contributed by atoms with Gasteiger partial charge in [-0.2, -0.15) is 11.8 Å². The first-order valence-electron chi connectivity index (χ1n) is 5.42. The van der Waals surface area contributed by atoms with Crippen LogP contribution in [-0.4, -0.2) is 21.9 Å². The number of rotatable bonds is 7. The molecule has 0 aromatic carbocycles. The van der Waals surface area contributed by atoms with E-state index < -0.39 is 0 Å². The molecule has 0 saturated heterocycles. The summed E-state index contributed by atoms with van der Waals surface area (Å²) < 4.78 is 0. The predicted molar refractivity (Wildman–Crippen MR) is 68.6 cm³/mol. The van der Waals surface area contributed by atoms with Crippen molar-refractivity contribution < 1.29 is 5.11 Å². The number of thiazole rings is 1. The lowest BCUT2D eigenvalue weighted by Crippen LogP contribution is -2.00. The van der Waals surface area contributed by atoms with Crippen molar-refractivity contribution >= 4 is 23.1 Å². The summed E-state index contributed by atoms with van der Waals surface area (Å²) in [6.07, 6.45) is 3.14. The van der Waals surface area contributed by atoms with E-state index in [1.54, 1.807) is 11.3 Å². The second-order valence-electron chi connectivity index (χ2n) is 3.62. The maximum Gasteiger partial charge on any atom is 0.0928 e. The van der Waals surface area contributed by atoms with Crippen LogP contribution >= 0.6 is 23.1 Å². The molecular weight excluding hydrogens is 226 g/mol. The molecule has 4 heteroatoms. The maximum absolute atomic E-state index is 8.78. The van der Waals surface area contributed by atoms with Gasteiger partial charge in [-0.05, 0) is 19.3 Å². The van der Waals surface area contributed by atoms with E-state index in [1.165, 1.54) is 17.1 Å². The second-order valence-corrected chi connectivity index (χ2v) is 5.99. The molecule has 0 aliphatic carbocycles. The molecule has 0 bridgehead atoms. The van der Waals surface area contributed by atoms with Gasteiger partial charge in [0.1, 0.15) is 0 Å². The van der Waals surface area contributed by atoms with Crippen molar-refractivity contribution in [2.45, 2.75) is 44.1 Å². The van der Waals surface area contributed by atoms with E-state index in [1.807, 2.05) is 11.8 Å². The number of thioether (sulfide) groups is 1. The Balaban J connectivity index is 2.30. The summed E-state index contributed by atoms with van der Waals surface area (Å²) in [5.74, 6) is 0.974. The normalized spacial score (nSPS) is 13.0. The first-order chi connectivity index (χ1) is 7.26. The quantitative estimate of drug-likeness (QED) is 0.801. The number of aromatic nitrogens is 1. The van der Waals surface area contributed by atoms with E-state index in [0.29, 0.717) is 5.25 Å². The number of hydrogen-bond acceptors (Lipinski definition) is 4. The lowest BCUT2D eigenvalue weighted by atomic mass is 10.3. The van der Waals surface area contributed by atoms with Crippen LogP contribution in [0.3, 0.4) is 0 Å². The lowest BCUT2D eigenvalue weighted by molar-refractivity contribution is 0.289. The molecule has 1 atom stereocenters. The van der Waals surface area contributed by atoms with E-state index in [0.717, 1.165) is 18.6 Å². The van der Waals surface area contributed by atoms with Gasteiger partial charge in [-0.15, -0.1) is 11.3 Å². The van der Waals surface area contributed by atoms with Crippen molar-refractivity contribution in [3.63, 3.8) is 0 Å². The molecule has 0 spiro atoms. The number of aliphatic hydroxyl groups is 1. The molecule has 0 aliphatic rings. The zero-order chi connectivity index (χ0) is 11.1. The Morgan fingerprint density at radius 3 is 3.07 bits per heavy atom. The predicted octanol–water partition coefficient (Wildman–Crippen LogP) is 3.10. The van der Waals surface area contributed by atoms with E-state index in [4.69, 9.17) is 5.11 Å². The molecular formula is C11H19NOS2. The highest BCUT2D eigenvalue weighted by atomic mass is 32.2. The molecule has 0 amide bonds. The van der Waals surface area contributed by atoms with Crippen molar-refractivity contribution in [3.8, 4) is 0 Å². The van der Waals surface area contributed by atoms with Crippen molar-refractivity contribution in [1.29, 1.82) is 0 Å². The summed E-state index contributed by atoms with van der Waals surface area (Å²) >= 11 is 3.63. The summed E-state index contributed by atoms with van der Waals surface area (Å²) in [4.78, 5) is 4.57. The molecule has 1 heterocycles. The molecule has 86 valence electrons. The number of aliphatic hydroxyl groups excluding tert-OH is 1. The summed E-state index contributed by atoms with van der Waals surface area (Å²) in [5.41, 5.74) is 1.19. The van der Waals surface area contributed by atoms with Crippen molar-refractivity contribution in [2.24, 2.45) is 0 Å². The first kappa shape index (κ1) is 13.0. The first-order valence-corrected chi connectivity index (χ1v) is 7.34. The molecule has 1 rings (SSSR count). The van der Waals surface area contributed by atoms with Crippen molar-refractivity contribution in [2.75, 3.05) is 6.61 Å². The maximum atomic E-state index is 8.78. The van der Waals surface area contributed by atoms with Gasteiger partial charge >= 0.3 is 0 Å². The van der Waals surface area contributed by atoms with Gasteiger partial charge < -0.3 is 5.11 Å². The highest BCUT2D eigenvalue weighted by molar-refractivity contribution is 7.99. The third-order valence-electron chi connectivity index (χ3n) is 2.11. The Kier molecular flexibility index (Phi) is 6.29. The average molecular weight is 245 g/mol. The number of hydrogen-bond donors (Lipinski definition) is 1. The van der Waals surface area contributed by atoms with Crippen LogP contribution in [-0.2, 0) is 12.2 Å². The van der Waals surface area contributed by atoms with Gasteiger partial charge in [0, 0.05) is 23.0 Å². The SMILES string of the molecule is CCCc1nc(CSC(C)CCO)cs1. The minimum Gasteiger partial charge on any atom is -0.396 e. The third-order valence-corrected chi connectivity index (χ3v) is 4.34. The molecule has 15 heavy (non-hydrogen) atoms. The Labute approximate surface area is 100 Å². The fourth-order valence-corrected chi connectivity index (χ4v) is 3.12. The van der Waals surface area contributed by atoms with E-state index >= 15 is 0 Å². The molecule has 0 saturated carbocycles. The Bertz CT molecular complexity index is 275. The van der Waals surface area contributed by atoms with Crippen LogP contribution in [0.15, 0.2) is 5.38 Å². The molecule has 2 nitrogen and oxygen atoms in total. The van der Waals surface area contributed by atoms with Gasteiger partial charge in [0.2, 0.25) is 0 Å². The van der Waals surface area contributed by atoms with Crippen LogP contribution in [0.5, 0.6) is 0 Å². The molecule has 0 radical (unpaired) electrons. The Morgan fingerprint density at radius 1 is 1.60 bits per heavy atom. The van der Waals surface area contributed by atoms with Crippen molar-refractivity contribution in [3.05, 3.63) is 16.1 Å². The molecule has 0 aliphatic heterocycles. The van der Waals surface area contributed by atoms with Gasteiger partial charge in [0.15, 0.2) is 0 Å². The summed E-state index contributed by atoms with van der Waals surface area (Å²) in [5, 5.41) is 12.7. The van der Waals surface area contributed by atoms with Gasteiger partial charge in [-0.25, -0.2) is 4.98 Å². The zero-order valence-corrected chi connectivity index (χ0v) is 11.0. The monoisotopic (exact) mass is 245 g/mol. The molecule has 1 aromatic rings. The summed E-state index contributed by atoms with van der Waals surface area (Å²) in [6.45, 7) is 4.62. The van der Waals surface area contributed by atoms with Crippen LogP contribution in [0.1, 0.15) is 37.4 Å². The fraction of sp³-hybridized carbons (Fsp3) is 0.727. The minimum absolute atomic E-state index is 0.284. The van der Waals surface area contributed by atoms with Gasteiger partial charge in [-0.3, -0.25) is 0 Å². The van der Waals surface area contributed by atoms with E-state index in [2.05, 4.69) is 24.2 Å². The molecule has 0 fully saturated rings. The lowest BCUT2D eigenvalue weighted by Gasteiger charge is -2.07. The minimum atomic E-state index is 0.284. The summed E-state index contributed by atoms with van der Waals surface area (Å²) in [7, 11) is 0. The Hall–Kier alpha value is -0.0600. The van der Waals surface area contributed by atoms with Crippen LogP contribution in [0.4, 0.5) is 0 Å². The standard InChI is InChI=1S/C11H19NOS2/c1-3-4-11-12-10(8-15-11)7-14-9(2)5-6-13/h8-9,13H,3-7H2,1-2H3. The van der Waals surface area contributed by atoms with E-state index in [-0.39, 0.29) is 6.61 Å². The molecule has 1 N–H and O–H groups in total. The van der Waals surface area contributed by atoms with Gasteiger partial charge in [0.05, 0.1) is 10.7 Å². The smallest absolute Gasteiger partial charge is 0.0928 e. The van der Waals surface area contributed by atoms with Crippen LogP contribution < -0.4 is 0 Å². The molecule has 1 aromatic heterocycles. The third kappa shape index (κ3) is 5.00. The van der Waals surface area contributed by atoms with Gasteiger partial charge in [-0.1, -0.05) is 13.8 Å². The topological polar surface area (TPSA) is 33.1 Å². The Morgan fingerprint density at radius 2 is 2.40 bits per heavy atom. The number of nitrogens with zero attached hydrogens (tertiary/aromatic N) is 1. The van der Waals surface area contributed by atoms with E-state index in [9.17, 15) is 0 Å². The van der Waals surface area contributed by atoms with Crippen LogP contribution in [0.2, 0.25) is 0 Å². The number of aryl methyl sites for hydroxylation is 1. The van der Waals surface area contributed by atoms with Gasteiger partial charge in [0.25, 0.3) is 0 Å².